The van der Waals surface area contributed by atoms with Gasteiger partial charge in [-0.2, -0.15) is 5.10 Å². The lowest BCUT2D eigenvalue weighted by atomic mass is 9.77. The van der Waals surface area contributed by atoms with E-state index in [0.717, 1.165) is 23.6 Å². The number of fused-ring (bicyclic) bond motifs is 1. The van der Waals surface area contributed by atoms with Crippen LogP contribution in [0.2, 0.25) is 0 Å². The molecule has 1 aromatic heterocycles. The molecule has 0 bridgehead atoms. The molecular weight excluding hydrogens is 234 g/mol. The molecule has 0 saturated heterocycles. The van der Waals surface area contributed by atoms with Crippen LogP contribution in [-0.4, -0.2) is 15.2 Å². The van der Waals surface area contributed by atoms with Gasteiger partial charge in [-0.3, -0.25) is 5.10 Å². The number of benzene rings is 2. The molecule has 1 atom stereocenters. The van der Waals surface area contributed by atoms with Crippen molar-refractivity contribution in [2.24, 2.45) is 0 Å². The Kier molecular flexibility index (Phi) is 2.24. The fourth-order valence-corrected chi connectivity index (χ4v) is 2.65. The smallest absolute Gasteiger partial charge is 0.181 e. The molecule has 19 heavy (non-hydrogen) atoms. The fourth-order valence-electron chi connectivity index (χ4n) is 2.65. The van der Waals surface area contributed by atoms with Gasteiger partial charge < -0.3 is 0 Å². The molecule has 4 rings (SSSR count). The number of nitrogens with one attached hydrogen (secondary N) is 1. The van der Waals surface area contributed by atoms with Crippen LogP contribution < -0.4 is 0 Å². The van der Waals surface area contributed by atoms with Crippen LogP contribution in [0.1, 0.15) is 22.9 Å². The summed E-state index contributed by atoms with van der Waals surface area (Å²) in [4.78, 5) is 4.63. The zero-order chi connectivity index (χ0) is 12.7. The maximum Gasteiger partial charge on any atom is 0.181 e. The average molecular weight is 247 g/mol. The maximum absolute atomic E-state index is 4.63. The van der Waals surface area contributed by atoms with Crippen molar-refractivity contribution in [2.45, 2.75) is 12.3 Å². The van der Waals surface area contributed by atoms with E-state index >= 15 is 0 Å². The van der Waals surface area contributed by atoms with Gasteiger partial charge in [0.25, 0.3) is 0 Å². The normalized spacial score (nSPS) is 16.7. The first-order valence-corrected chi connectivity index (χ1v) is 6.47. The van der Waals surface area contributed by atoms with Crippen LogP contribution in [-0.2, 0) is 6.42 Å². The lowest BCUT2D eigenvalue weighted by Crippen LogP contribution is -2.19. The molecule has 92 valence electrons. The van der Waals surface area contributed by atoms with Gasteiger partial charge in [-0.1, -0.05) is 54.6 Å². The van der Waals surface area contributed by atoms with E-state index in [1.807, 2.05) is 30.3 Å². The summed E-state index contributed by atoms with van der Waals surface area (Å²) in [5.74, 6) is 2.12. The van der Waals surface area contributed by atoms with Crippen molar-refractivity contribution in [1.82, 2.24) is 15.2 Å². The quantitative estimate of drug-likeness (QED) is 0.755. The van der Waals surface area contributed by atoms with E-state index in [1.54, 1.807) is 0 Å². The minimum absolute atomic E-state index is 0.376. The first-order valence-electron chi connectivity index (χ1n) is 6.47. The van der Waals surface area contributed by atoms with E-state index in [1.165, 1.54) is 11.1 Å². The molecule has 0 fully saturated rings. The number of aromatic amines is 1. The predicted octanol–water partition coefficient (Wildman–Crippen LogP) is 3.16. The van der Waals surface area contributed by atoms with Gasteiger partial charge in [-0.25, -0.2) is 4.98 Å². The minimum Gasteiger partial charge on any atom is -0.262 e. The molecule has 3 aromatic rings. The molecule has 1 aliphatic rings. The van der Waals surface area contributed by atoms with Crippen molar-refractivity contribution in [3.63, 3.8) is 0 Å². The van der Waals surface area contributed by atoms with Crippen LogP contribution in [0, 0.1) is 0 Å². The van der Waals surface area contributed by atoms with Gasteiger partial charge in [0.2, 0.25) is 0 Å². The zero-order valence-corrected chi connectivity index (χ0v) is 10.4. The molecule has 3 nitrogen and oxygen atoms in total. The number of rotatable bonds is 2. The third-order valence-electron chi connectivity index (χ3n) is 3.72. The Balaban J connectivity index is 1.67. The minimum atomic E-state index is 0.376. The van der Waals surface area contributed by atoms with Gasteiger partial charge in [0.15, 0.2) is 5.82 Å². The van der Waals surface area contributed by atoms with Crippen LogP contribution in [0.5, 0.6) is 0 Å². The van der Waals surface area contributed by atoms with Crippen molar-refractivity contribution in [3.8, 4) is 11.4 Å². The van der Waals surface area contributed by atoms with Crippen molar-refractivity contribution in [1.29, 1.82) is 0 Å². The van der Waals surface area contributed by atoms with Crippen molar-refractivity contribution in [2.75, 3.05) is 0 Å². The lowest BCUT2D eigenvalue weighted by Gasteiger charge is -2.27. The Bertz CT molecular complexity index is 716. The molecule has 3 heteroatoms. The van der Waals surface area contributed by atoms with Gasteiger partial charge in [0, 0.05) is 11.5 Å². The van der Waals surface area contributed by atoms with Crippen molar-refractivity contribution in [3.05, 3.63) is 71.5 Å². The number of aromatic nitrogens is 3. The molecule has 2 aromatic carbocycles. The molecule has 0 aliphatic heterocycles. The van der Waals surface area contributed by atoms with E-state index in [2.05, 4.69) is 39.4 Å². The fraction of sp³-hybridized carbons (Fsp3) is 0.125. The second kappa shape index (κ2) is 4.05. The summed E-state index contributed by atoms with van der Waals surface area (Å²) in [6, 6.07) is 18.6. The number of nitrogens with zero attached hydrogens (tertiary/aromatic N) is 2. The van der Waals surface area contributed by atoms with Gasteiger partial charge in [-0.05, 0) is 17.5 Å². The molecule has 0 radical (unpaired) electrons. The Morgan fingerprint density at radius 3 is 2.58 bits per heavy atom. The third kappa shape index (κ3) is 1.66. The summed E-state index contributed by atoms with van der Waals surface area (Å²) in [5.41, 5.74) is 3.85. The molecule has 0 spiro atoms. The van der Waals surface area contributed by atoms with E-state index in [4.69, 9.17) is 0 Å². The van der Waals surface area contributed by atoms with Gasteiger partial charge in [0.05, 0.1) is 0 Å². The highest BCUT2D eigenvalue weighted by atomic mass is 15.2. The van der Waals surface area contributed by atoms with Crippen molar-refractivity contribution < 1.29 is 0 Å². The van der Waals surface area contributed by atoms with E-state index in [0.29, 0.717) is 5.92 Å². The highest BCUT2D eigenvalue weighted by Crippen LogP contribution is 2.38. The number of hydrogen-bond acceptors (Lipinski definition) is 2. The van der Waals surface area contributed by atoms with E-state index < -0.39 is 0 Å². The number of H-pyrrole nitrogens is 1. The molecule has 1 N–H and O–H groups in total. The largest absolute Gasteiger partial charge is 0.262 e. The van der Waals surface area contributed by atoms with E-state index in [9.17, 15) is 0 Å². The van der Waals surface area contributed by atoms with Crippen LogP contribution in [0.15, 0.2) is 54.6 Å². The zero-order valence-electron chi connectivity index (χ0n) is 10.4. The van der Waals surface area contributed by atoms with Gasteiger partial charge >= 0.3 is 0 Å². The monoisotopic (exact) mass is 247 g/mol. The second-order valence-electron chi connectivity index (χ2n) is 4.87. The summed E-state index contributed by atoms with van der Waals surface area (Å²) >= 11 is 0. The van der Waals surface area contributed by atoms with E-state index in [-0.39, 0.29) is 0 Å². The Morgan fingerprint density at radius 1 is 0.947 bits per heavy atom. The average Bonchev–Trinajstić information content (AvgIpc) is 2.91. The molecule has 1 aliphatic carbocycles. The second-order valence-corrected chi connectivity index (χ2v) is 4.87. The molecule has 1 heterocycles. The third-order valence-corrected chi connectivity index (χ3v) is 3.72. The van der Waals surface area contributed by atoms with Crippen LogP contribution in [0.25, 0.3) is 11.4 Å². The van der Waals surface area contributed by atoms with Gasteiger partial charge in [0.1, 0.15) is 5.82 Å². The summed E-state index contributed by atoms with van der Waals surface area (Å²) in [6.07, 6.45) is 1.06. The summed E-state index contributed by atoms with van der Waals surface area (Å²) in [6.45, 7) is 0. The summed E-state index contributed by atoms with van der Waals surface area (Å²) in [7, 11) is 0. The molecule has 0 saturated carbocycles. The first kappa shape index (κ1) is 10.5. The Labute approximate surface area is 111 Å². The highest BCUT2D eigenvalue weighted by molar-refractivity contribution is 5.54. The molecule has 0 amide bonds. The van der Waals surface area contributed by atoms with Crippen molar-refractivity contribution >= 4 is 0 Å². The standard InChI is InChI=1S/C16H13N3/c1-2-6-11(7-3-1)15-17-16(19-18-15)14-10-12-8-4-5-9-13(12)14/h1-9,14H,10H2,(H,17,18,19). The van der Waals surface area contributed by atoms with Crippen LogP contribution >= 0.6 is 0 Å². The van der Waals surface area contributed by atoms with Crippen LogP contribution in [0.4, 0.5) is 0 Å². The lowest BCUT2D eigenvalue weighted by molar-refractivity contribution is 0.663. The predicted molar refractivity (Wildman–Crippen MR) is 73.8 cm³/mol. The van der Waals surface area contributed by atoms with Gasteiger partial charge in [-0.15, -0.1) is 0 Å². The summed E-state index contributed by atoms with van der Waals surface area (Å²) in [5, 5.41) is 7.41. The molecule has 1 unspecified atom stereocenters. The Hall–Kier alpha value is -2.42. The Morgan fingerprint density at radius 2 is 1.74 bits per heavy atom. The first-order chi connectivity index (χ1) is 9.42. The maximum atomic E-state index is 4.63. The topological polar surface area (TPSA) is 41.6 Å². The summed E-state index contributed by atoms with van der Waals surface area (Å²) < 4.78 is 0. The number of hydrogen-bond donors (Lipinski definition) is 1. The molecular formula is C16H13N3. The SMILES string of the molecule is c1ccc(-c2n[nH]c(C3Cc4ccccc43)n2)cc1. The van der Waals surface area contributed by atoms with Crippen LogP contribution in [0.3, 0.4) is 0 Å². The highest BCUT2D eigenvalue weighted by Gasteiger charge is 2.29.